The Bertz CT molecular complexity index is 811. The summed E-state index contributed by atoms with van der Waals surface area (Å²) in [5.74, 6) is -0.403. The van der Waals surface area contributed by atoms with E-state index in [1.807, 2.05) is 18.2 Å². The number of rotatable bonds is 4. The third-order valence-corrected chi connectivity index (χ3v) is 3.04. The highest BCUT2D eigenvalue weighted by Crippen LogP contribution is 2.28. The van der Waals surface area contributed by atoms with Crippen molar-refractivity contribution in [3.8, 4) is 23.3 Å². The van der Waals surface area contributed by atoms with Crippen LogP contribution in [-0.2, 0) is 4.74 Å². The maximum Gasteiger partial charge on any atom is 0.337 e. The van der Waals surface area contributed by atoms with Gasteiger partial charge in [-0.05, 0) is 23.8 Å². The summed E-state index contributed by atoms with van der Waals surface area (Å²) in [7, 11) is 1.33. The molecule has 0 unspecified atom stereocenters. The summed E-state index contributed by atoms with van der Waals surface area (Å²) in [5.41, 5.74) is 5.22. The van der Waals surface area contributed by atoms with E-state index < -0.39 is 5.97 Å². The third kappa shape index (κ3) is 3.72. The normalized spacial score (nSPS) is 9.17. The Morgan fingerprint density at radius 3 is 2.35 bits per heavy atom. The Morgan fingerprint density at radius 2 is 1.74 bits per heavy atom. The van der Waals surface area contributed by atoms with Gasteiger partial charge in [0, 0.05) is 5.56 Å². The highest BCUT2D eigenvalue weighted by molar-refractivity contribution is 6.10. The summed E-state index contributed by atoms with van der Waals surface area (Å²) >= 11 is 0. The molecule has 2 aromatic rings. The molecule has 0 amide bonds. The lowest BCUT2D eigenvalue weighted by Crippen LogP contribution is -2.01. The number of hydrogen-bond acceptors (Lipinski definition) is 6. The average molecular weight is 304 g/mol. The number of ether oxygens (including phenoxy) is 1. The molecular weight excluding hydrogens is 292 g/mol. The standard InChI is InChI=1S/C17H12N4O2/c1-23-17(22)13-8-6-12(7-9-13)15-4-2-3-5-16(15)21-20-14(10-18)11-19/h2-9,21H,1H3. The van der Waals surface area contributed by atoms with Crippen LogP contribution in [-0.4, -0.2) is 18.8 Å². The van der Waals surface area contributed by atoms with Crippen molar-refractivity contribution in [3.63, 3.8) is 0 Å². The lowest BCUT2D eigenvalue weighted by molar-refractivity contribution is 0.0601. The van der Waals surface area contributed by atoms with Gasteiger partial charge in [-0.2, -0.15) is 15.6 Å². The van der Waals surface area contributed by atoms with E-state index in [0.29, 0.717) is 11.3 Å². The molecule has 23 heavy (non-hydrogen) atoms. The first kappa shape index (κ1) is 15.7. The van der Waals surface area contributed by atoms with Crippen molar-refractivity contribution in [2.45, 2.75) is 0 Å². The number of nitrogens with zero attached hydrogens (tertiary/aromatic N) is 3. The Morgan fingerprint density at radius 1 is 1.09 bits per heavy atom. The summed E-state index contributed by atoms with van der Waals surface area (Å²) in [6, 6.07) is 17.6. The first-order valence-electron chi connectivity index (χ1n) is 6.61. The van der Waals surface area contributed by atoms with Crippen LogP contribution < -0.4 is 5.43 Å². The first-order valence-corrected chi connectivity index (χ1v) is 6.61. The fourth-order valence-corrected chi connectivity index (χ4v) is 1.93. The topological polar surface area (TPSA) is 98.3 Å². The van der Waals surface area contributed by atoms with Crippen LogP contribution in [0.3, 0.4) is 0 Å². The van der Waals surface area contributed by atoms with E-state index in [9.17, 15) is 4.79 Å². The fraction of sp³-hybridized carbons (Fsp3) is 0.0588. The van der Waals surface area contributed by atoms with Gasteiger partial charge in [0.25, 0.3) is 0 Å². The Kier molecular flexibility index (Phi) is 5.06. The van der Waals surface area contributed by atoms with Crippen LogP contribution in [0.2, 0.25) is 0 Å². The smallest absolute Gasteiger partial charge is 0.337 e. The van der Waals surface area contributed by atoms with E-state index in [4.69, 9.17) is 10.5 Å². The lowest BCUT2D eigenvalue weighted by Gasteiger charge is -2.09. The first-order chi connectivity index (χ1) is 11.2. The van der Waals surface area contributed by atoms with Crippen molar-refractivity contribution in [1.82, 2.24) is 0 Å². The van der Waals surface area contributed by atoms with Crippen LogP contribution in [0.25, 0.3) is 11.1 Å². The molecule has 2 rings (SSSR count). The van der Waals surface area contributed by atoms with E-state index >= 15 is 0 Å². The van der Waals surface area contributed by atoms with E-state index in [1.54, 1.807) is 42.5 Å². The van der Waals surface area contributed by atoms with Crippen LogP contribution >= 0.6 is 0 Å². The van der Waals surface area contributed by atoms with Crippen LogP contribution in [0.1, 0.15) is 10.4 Å². The van der Waals surface area contributed by atoms with Crippen LogP contribution in [0.5, 0.6) is 0 Å². The molecule has 0 saturated heterocycles. The Hall–Kier alpha value is -3.64. The summed E-state index contributed by atoms with van der Waals surface area (Å²) in [6.07, 6.45) is 0. The maximum atomic E-state index is 11.5. The lowest BCUT2D eigenvalue weighted by atomic mass is 10.0. The van der Waals surface area contributed by atoms with Gasteiger partial charge in [0.05, 0.1) is 18.4 Å². The van der Waals surface area contributed by atoms with Crippen LogP contribution in [0, 0.1) is 22.7 Å². The number of para-hydroxylation sites is 1. The minimum absolute atomic E-state index is 0.263. The number of nitriles is 2. The van der Waals surface area contributed by atoms with Crippen molar-refractivity contribution in [3.05, 3.63) is 54.1 Å². The van der Waals surface area contributed by atoms with Gasteiger partial charge in [-0.1, -0.05) is 30.3 Å². The molecule has 0 aromatic heterocycles. The van der Waals surface area contributed by atoms with Gasteiger partial charge < -0.3 is 4.74 Å². The molecule has 0 radical (unpaired) electrons. The van der Waals surface area contributed by atoms with E-state index in [-0.39, 0.29) is 5.71 Å². The van der Waals surface area contributed by atoms with Gasteiger partial charge in [-0.3, -0.25) is 5.43 Å². The summed E-state index contributed by atoms with van der Waals surface area (Å²) in [4.78, 5) is 11.5. The molecule has 0 heterocycles. The quantitative estimate of drug-likeness (QED) is 0.532. The summed E-state index contributed by atoms with van der Waals surface area (Å²) < 4.78 is 4.66. The van der Waals surface area contributed by atoms with Crippen molar-refractivity contribution < 1.29 is 9.53 Å². The number of carbonyl (C=O) groups excluding carboxylic acids is 1. The molecule has 0 fully saturated rings. The zero-order valence-electron chi connectivity index (χ0n) is 12.3. The van der Waals surface area contributed by atoms with Crippen molar-refractivity contribution >= 4 is 17.4 Å². The van der Waals surface area contributed by atoms with E-state index in [2.05, 4.69) is 15.3 Å². The number of anilines is 1. The Labute approximate surface area is 133 Å². The number of methoxy groups -OCH3 is 1. The average Bonchev–Trinajstić information content (AvgIpc) is 2.62. The second-order valence-electron chi connectivity index (χ2n) is 4.41. The van der Waals surface area contributed by atoms with E-state index in [0.717, 1.165) is 11.1 Å². The van der Waals surface area contributed by atoms with Crippen LogP contribution in [0.4, 0.5) is 5.69 Å². The Balaban J connectivity index is 2.34. The number of nitrogens with one attached hydrogen (secondary N) is 1. The molecule has 0 atom stereocenters. The fourth-order valence-electron chi connectivity index (χ4n) is 1.93. The van der Waals surface area contributed by atoms with Gasteiger partial charge in [0.1, 0.15) is 12.1 Å². The van der Waals surface area contributed by atoms with Crippen molar-refractivity contribution in [2.24, 2.45) is 5.10 Å². The van der Waals surface area contributed by atoms with Gasteiger partial charge >= 0.3 is 5.97 Å². The molecule has 0 bridgehead atoms. The van der Waals surface area contributed by atoms with E-state index in [1.165, 1.54) is 7.11 Å². The maximum absolute atomic E-state index is 11.5. The van der Waals surface area contributed by atoms with Gasteiger partial charge in [-0.15, -0.1) is 0 Å². The number of hydrogen-bond donors (Lipinski definition) is 1. The molecule has 0 spiro atoms. The molecular formula is C17H12N4O2. The molecule has 6 heteroatoms. The predicted molar refractivity (Wildman–Crippen MR) is 85.5 cm³/mol. The highest BCUT2D eigenvalue weighted by atomic mass is 16.5. The summed E-state index contributed by atoms with van der Waals surface area (Å²) in [6.45, 7) is 0. The zero-order valence-corrected chi connectivity index (χ0v) is 12.3. The molecule has 0 aliphatic carbocycles. The second-order valence-corrected chi connectivity index (χ2v) is 4.41. The van der Waals surface area contributed by atoms with Gasteiger partial charge in [0.2, 0.25) is 5.71 Å². The largest absolute Gasteiger partial charge is 0.465 e. The van der Waals surface area contributed by atoms with Gasteiger partial charge in [0.15, 0.2) is 0 Å². The predicted octanol–water partition coefficient (Wildman–Crippen LogP) is 2.96. The molecule has 0 saturated carbocycles. The van der Waals surface area contributed by atoms with Gasteiger partial charge in [-0.25, -0.2) is 4.79 Å². The molecule has 1 N–H and O–H groups in total. The minimum atomic E-state index is -0.403. The zero-order chi connectivity index (χ0) is 16.7. The van der Waals surface area contributed by atoms with Crippen LogP contribution in [0.15, 0.2) is 53.6 Å². The highest BCUT2D eigenvalue weighted by Gasteiger charge is 2.08. The molecule has 112 valence electrons. The number of esters is 1. The van der Waals surface area contributed by atoms with Crippen molar-refractivity contribution in [2.75, 3.05) is 12.5 Å². The summed E-state index contributed by atoms with van der Waals surface area (Å²) in [5, 5.41) is 21.2. The molecule has 0 aliphatic heterocycles. The second kappa shape index (κ2) is 7.39. The van der Waals surface area contributed by atoms with Crippen molar-refractivity contribution in [1.29, 1.82) is 10.5 Å². The molecule has 2 aromatic carbocycles. The number of carbonyl (C=O) groups is 1. The monoisotopic (exact) mass is 304 g/mol. The minimum Gasteiger partial charge on any atom is -0.465 e. The molecule has 0 aliphatic rings. The SMILES string of the molecule is COC(=O)c1ccc(-c2ccccc2NN=C(C#N)C#N)cc1. The molecule has 6 nitrogen and oxygen atoms in total. The number of hydrazone groups is 1. The number of benzene rings is 2. The third-order valence-electron chi connectivity index (χ3n) is 3.04.